The molecule has 1 aliphatic heterocycles. The van der Waals surface area contributed by atoms with E-state index in [-0.39, 0.29) is 17.8 Å². The van der Waals surface area contributed by atoms with Gasteiger partial charge in [-0.15, -0.1) is 0 Å². The summed E-state index contributed by atoms with van der Waals surface area (Å²) in [5.74, 6) is 0.212. The fraction of sp³-hybridized carbons (Fsp3) is 0.500. The number of nitrogens with zero attached hydrogens (tertiary/aromatic N) is 4. The molecule has 1 aliphatic rings. The Labute approximate surface area is 147 Å². The van der Waals surface area contributed by atoms with Crippen LogP contribution in [0.15, 0.2) is 36.9 Å². The highest BCUT2D eigenvalue weighted by Gasteiger charge is 2.27. The molecule has 1 aromatic carbocycles. The largest absolute Gasteiger partial charge is 0.351 e. The van der Waals surface area contributed by atoms with Crippen molar-refractivity contribution in [1.82, 2.24) is 25.0 Å². The van der Waals surface area contributed by atoms with E-state index in [0.717, 1.165) is 38.0 Å². The molecule has 3 rings (SSSR count). The number of carbonyl (C=O) groups is 1. The second-order valence-electron chi connectivity index (χ2n) is 6.64. The van der Waals surface area contributed by atoms with Gasteiger partial charge < -0.3 is 5.32 Å². The first-order valence-corrected chi connectivity index (χ1v) is 8.70. The van der Waals surface area contributed by atoms with Crippen LogP contribution in [0.2, 0.25) is 0 Å². The number of hydrogen-bond acceptors (Lipinski definition) is 4. The maximum absolute atomic E-state index is 12.9. The SMILES string of the molecule is CC(C(=O)NCc1ccc(F)cc1)N1CCCC(Cn2cncn2)C1. The minimum Gasteiger partial charge on any atom is -0.351 e. The van der Waals surface area contributed by atoms with E-state index in [0.29, 0.717) is 12.5 Å². The van der Waals surface area contributed by atoms with Crippen LogP contribution in [-0.2, 0) is 17.9 Å². The molecule has 0 saturated carbocycles. The van der Waals surface area contributed by atoms with Crippen molar-refractivity contribution in [3.05, 3.63) is 48.3 Å². The number of likely N-dealkylation sites (tertiary alicyclic amines) is 1. The Hall–Kier alpha value is -2.28. The standard InChI is InChI=1S/C18H24FN5O/c1-14(18(25)21-9-15-4-6-17(19)7-5-15)23-8-2-3-16(10-23)11-24-13-20-12-22-24/h4-7,12-14,16H,2-3,8-11H2,1H3,(H,21,25). The summed E-state index contributed by atoms with van der Waals surface area (Å²) < 4.78 is 14.8. The molecule has 0 bridgehead atoms. The lowest BCUT2D eigenvalue weighted by Gasteiger charge is -2.36. The van der Waals surface area contributed by atoms with Crippen molar-refractivity contribution >= 4 is 5.91 Å². The molecule has 134 valence electrons. The first kappa shape index (κ1) is 17.5. The van der Waals surface area contributed by atoms with Crippen molar-refractivity contribution in [2.75, 3.05) is 13.1 Å². The summed E-state index contributed by atoms with van der Waals surface area (Å²) in [6, 6.07) is 6.01. The predicted octanol–water partition coefficient (Wildman–Crippen LogP) is 1.83. The lowest BCUT2D eigenvalue weighted by molar-refractivity contribution is -0.126. The number of amides is 1. The third-order valence-corrected chi connectivity index (χ3v) is 4.77. The van der Waals surface area contributed by atoms with Gasteiger partial charge in [0.15, 0.2) is 0 Å². The van der Waals surface area contributed by atoms with Crippen molar-refractivity contribution in [1.29, 1.82) is 0 Å². The number of benzene rings is 1. The van der Waals surface area contributed by atoms with Gasteiger partial charge in [0.2, 0.25) is 5.91 Å². The maximum atomic E-state index is 12.9. The van der Waals surface area contributed by atoms with Crippen molar-refractivity contribution in [3.8, 4) is 0 Å². The minimum absolute atomic E-state index is 0.00531. The zero-order valence-corrected chi connectivity index (χ0v) is 14.4. The highest BCUT2D eigenvalue weighted by molar-refractivity contribution is 5.81. The predicted molar refractivity (Wildman–Crippen MR) is 92.0 cm³/mol. The summed E-state index contributed by atoms with van der Waals surface area (Å²) in [4.78, 5) is 18.7. The van der Waals surface area contributed by atoms with Crippen molar-refractivity contribution < 1.29 is 9.18 Å². The van der Waals surface area contributed by atoms with E-state index in [1.807, 2.05) is 11.6 Å². The molecule has 0 aliphatic carbocycles. The van der Waals surface area contributed by atoms with Gasteiger partial charge in [0.25, 0.3) is 0 Å². The summed E-state index contributed by atoms with van der Waals surface area (Å²) >= 11 is 0. The molecule has 0 radical (unpaired) electrons. The Kier molecular flexibility index (Phi) is 5.75. The average Bonchev–Trinajstić information content (AvgIpc) is 3.13. The first-order valence-electron chi connectivity index (χ1n) is 8.70. The number of hydrogen-bond donors (Lipinski definition) is 1. The van der Waals surface area contributed by atoms with E-state index >= 15 is 0 Å². The Morgan fingerprint density at radius 2 is 2.20 bits per heavy atom. The molecule has 2 aromatic rings. The summed E-state index contributed by atoms with van der Waals surface area (Å²) in [5.41, 5.74) is 0.893. The molecule has 2 atom stereocenters. The molecule has 0 spiro atoms. The zero-order chi connectivity index (χ0) is 17.6. The average molecular weight is 345 g/mol. The van der Waals surface area contributed by atoms with Crippen LogP contribution >= 0.6 is 0 Å². The Bertz CT molecular complexity index is 673. The van der Waals surface area contributed by atoms with Gasteiger partial charge in [0, 0.05) is 19.6 Å². The van der Waals surface area contributed by atoms with Crippen molar-refractivity contribution in [2.24, 2.45) is 5.92 Å². The second kappa shape index (κ2) is 8.20. The van der Waals surface area contributed by atoms with E-state index in [1.165, 1.54) is 12.1 Å². The number of rotatable bonds is 6. The Morgan fingerprint density at radius 1 is 1.40 bits per heavy atom. The van der Waals surface area contributed by atoms with Gasteiger partial charge >= 0.3 is 0 Å². The van der Waals surface area contributed by atoms with Gasteiger partial charge in [0.1, 0.15) is 18.5 Å². The molecular weight excluding hydrogens is 321 g/mol. The summed E-state index contributed by atoms with van der Waals surface area (Å²) in [5, 5.41) is 7.11. The van der Waals surface area contributed by atoms with Gasteiger partial charge in [-0.05, 0) is 49.9 Å². The highest BCUT2D eigenvalue weighted by Crippen LogP contribution is 2.20. The molecular formula is C18H24FN5O. The van der Waals surface area contributed by atoms with Crippen LogP contribution in [0.25, 0.3) is 0 Å². The number of piperidine rings is 1. The highest BCUT2D eigenvalue weighted by atomic mass is 19.1. The monoisotopic (exact) mass is 345 g/mol. The molecule has 1 amide bonds. The Morgan fingerprint density at radius 3 is 2.92 bits per heavy atom. The normalized spacial score (nSPS) is 19.5. The van der Waals surface area contributed by atoms with E-state index in [2.05, 4.69) is 20.3 Å². The Balaban J connectivity index is 1.49. The van der Waals surface area contributed by atoms with Gasteiger partial charge in [-0.3, -0.25) is 14.4 Å². The first-order chi connectivity index (χ1) is 12.1. The van der Waals surface area contributed by atoms with Crippen LogP contribution in [0.4, 0.5) is 4.39 Å². The summed E-state index contributed by atoms with van der Waals surface area (Å²) in [7, 11) is 0. The maximum Gasteiger partial charge on any atom is 0.237 e. The van der Waals surface area contributed by atoms with Gasteiger partial charge in [-0.2, -0.15) is 5.10 Å². The minimum atomic E-state index is -0.268. The summed E-state index contributed by atoms with van der Waals surface area (Å²) in [6.07, 6.45) is 5.50. The van der Waals surface area contributed by atoms with Gasteiger partial charge in [-0.1, -0.05) is 12.1 Å². The van der Waals surface area contributed by atoms with E-state index in [4.69, 9.17) is 0 Å². The molecule has 2 heterocycles. The van der Waals surface area contributed by atoms with Crippen LogP contribution in [-0.4, -0.2) is 44.7 Å². The number of aromatic nitrogens is 3. The molecule has 1 N–H and O–H groups in total. The molecule has 1 aromatic heterocycles. The van der Waals surface area contributed by atoms with E-state index in [9.17, 15) is 9.18 Å². The molecule has 7 heteroatoms. The van der Waals surface area contributed by atoms with Crippen molar-refractivity contribution in [3.63, 3.8) is 0 Å². The topological polar surface area (TPSA) is 63.1 Å². The van der Waals surface area contributed by atoms with Gasteiger partial charge in [-0.25, -0.2) is 9.37 Å². The fourth-order valence-corrected chi connectivity index (χ4v) is 3.29. The van der Waals surface area contributed by atoms with Crippen molar-refractivity contribution in [2.45, 2.75) is 38.9 Å². The van der Waals surface area contributed by atoms with Crippen LogP contribution in [0, 0.1) is 11.7 Å². The van der Waals surface area contributed by atoms with Crippen LogP contribution in [0.3, 0.4) is 0 Å². The van der Waals surface area contributed by atoms with Crippen LogP contribution in [0.5, 0.6) is 0 Å². The molecule has 6 nitrogen and oxygen atoms in total. The third kappa shape index (κ3) is 4.85. The number of carbonyl (C=O) groups excluding carboxylic acids is 1. The molecule has 25 heavy (non-hydrogen) atoms. The quantitative estimate of drug-likeness (QED) is 0.868. The third-order valence-electron chi connectivity index (χ3n) is 4.77. The van der Waals surface area contributed by atoms with E-state index < -0.39 is 0 Å². The smallest absolute Gasteiger partial charge is 0.237 e. The fourth-order valence-electron chi connectivity index (χ4n) is 3.29. The molecule has 2 unspecified atom stereocenters. The second-order valence-corrected chi connectivity index (χ2v) is 6.64. The molecule has 1 saturated heterocycles. The number of nitrogens with one attached hydrogen (secondary N) is 1. The van der Waals surface area contributed by atoms with Crippen LogP contribution < -0.4 is 5.32 Å². The molecule has 1 fully saturated rings. The zero-order valence-electron chi connectivity index (χ0n) is 14.4. The van der Waals surface area contributed by atoms with E-state index in [1.54, 1.807) is 24.8 Å². The van der Waals surface area contributed by atoms with Crippen LogP contribution in [0.1, 0.15) is 25.3 Å². The number of halogens is 1. The lowest BCUT2D eigenvalue weighted by atomic mass is 9.96. The van der Waals surface area contributed by atoms with Gasteiger partial charge in [0.05, 0.1) is 6.04 Å². The summed E-state index contributed by atoms with van der Waals surface area (Å²) in [6.45, 7) is 5.00. The lowest BCUT2D eigenvalue weighted by Crippen LogP contribution is -2.49.